The molecule has 0 aliphatic carbocycles. The Balaban J connectivity index is 2.00. The Kier molecular flexibility index (Phi) is 3.76. The van der Waals surface area contributed by atoms with Crippen molar-refractivity contribution in [3.63, 3.8) is 0 Å². The Hall–Kier alpha value is -1.39. The Morgan fingerprint density at radius 3 is 2.60 bits per heavy atom. The van der Waals surface area contributed by atoms with Gasteiger partial charge in [-0.25, -0.2) is 0 Å². The lowest BCUT2D eigenvalue weighted by Crippen LogP contribution is -2.45. The first-order chi connectivity index (χ1) is 9.74. The molecule has 4 nitrogen and oxygen atoms in total. The zero-order valence-electron chi connectivity index (χ0n) is 11.5. The van der Waals surface area contributed by atoms with Gasteiger partial charge in [-0.3, -0.25) is 0 Å². The summed E-state index contributed by atoms with van der Waals surface area (Å²) in [5.41, 5.74) is 0.796. The molecule has 0 atom stereocenters. The Bertz CT molecular complexity index is 611. The number of nitrogens with one attached hydrogen (secondary N) is 1. The minimum absolute atomic E-state index is 0.146. The lowest BCUT2D eigenvalue weighted by molar-refractivity contribution is 0.0667. The summed E-state index contributed by atoms with van der Waals surface area (Å²) in [6, 6.07) is 8.18. The van der Waals surface area contributed by atoms with Crippen molar-refractivity contribution in [2.75, 3.05) is 24.4 Å². The van der Waals surface area contributed by atoms with E-state index in [9.17, 15) is 0 Å². The highest BCUT2D eigenvalue weighted by atomic mass is 35.5. The average molecular weight is 292 g/mol. The Morgan fingerprint density at radius 2 is 1.90 bits per heavy atom. The third-order valence-corrected chi connectivity index (χ3v) is 4.47. The van der Waals surface area contributed by atoms with Crippen LogP contribution in [0.5, 0.6) is 0 Å². The molecular weight excluding hydrogens is 274 g/mol. The van der Waals surface area contributed by atoms with Crippen LogP contribution in [0.2, 0.25) is 0 Å². The van der Waals surface area contributed by atoms with Crippen LogP contribution in [-0.4, -0.2) is 34.8 Å². The molecule has 106 valence electrons. The van der Waals surface area contributed by atoms with Crippen molar-refractivity contribution in [2.24, 2.45) is 0 Å². The molecule has 3 rings (SSSR count). The second-order valence-electron chi connectivity index (χ2n) is 5.33. The van der Waals surface area contributed by atoms with E-state index in [0.717, 1.165) is 48.3 Å². The standard InChI is InChI=1S/C15H18ClN3O/c1-11-12-4-2-3-5-13(12)14(19-18-11)17-15(10-16)6-8-20-9-7-15/h2-5H,6-10H2,1H3,(H,17,19). The number of ether oxygens (including phenoxy) is 1. The van der Waals surface area contributed by atoms with E-state index >= 15 is 0 Å². The summed E-state index contributed by atoms with van der Waals surface area (Å²) in [5.74, 6) is 1.36. The fourth-order valence-electron chi connectivity index (χ4n) is 2.64. The molecule has 20 heavy (non-hydrogen) atoms. The fourth-order valence-corrected chi connectivity index (χ4v) is 2.97. The molecule has 0 saturated carbocycles. The molecule has 0 amide bonds. The van der Waals surface area contributed by atoms with Crippen LogP contribution >= 0.6 is 11.6 Å². The zero-order chi connectivity index (χ0) is 14.0. The third-order valence-electron chi connectivity index (χ3n) is 3.96. The molecule has 0 bridgehead atoms. The van der Waals surface area contributed by atoms with Crippen molar-refractivity contribution >= 4 is 28.2 Å². The fraction of sp³-hybridized carbons (Fsp3) is 0.467. The second-order valence-corrected chi connectivity index (χ2v) is 5.60. The smallest absolute Gasteiger partial charge is 0.157 e. The molecule has 2 heterocycles. The summed E-state index contributed by atoms with van der Waals surface area (Å²) in [5, 5.41) is 14.3. The van der Waals surface area contributed by atoms with Gasteiger partial charge in [0.05, 0.1) is 11.2 Å². The van der Waals surface area contributed by atoms with Gasteiger partial charge in [0, 0.05) is 29.9 Å². The number of anilines is 1. The van der Waals surface area contributed by atoms with E-state index in [1.54, 1.807) is 0 Å². The molecule has 1 aliphatic heterocycles. The maximum absolute atomic E-state index is 6.20. The molecule has 1 saturated heterocycles. The van der Waals surface area contributed by atoms with Gasteiger partial charge in [-0.15, -0.1) is 16.7 Å². The van der Waals surface area contributed by atoms with Crippen LogP contribution < -0.4 is 5.32 Å². The van der Waals surface area contributed by atoms with E-state index in [4.69, 9.17) is 16.3 Å². The van der Waals surface area contributed by atoms with Gasteiger partial charge in [0.25, 0.3) is 0 Å². The van der Waals surface area contributed by atoms with Crippen LogP contribution in [0, 0.1) is 6.92 Å². The predicted molar refractivity (Wildman–Crippen MR) is 81.4 cm³/mol. The van der Waals surface area contributed by atoms with E-state index in [1.807, 2.05) is 19.1 Å². The van der Waals surface area contributed by atoms with E-state index in [0.29, 0.717) is 5.88 Å². The summed E-state index contributed by atoms with van der Waals surface area (Å²) < 4.78 is 5.44. The van der Waals surface area contributed by atoms with Crippen LogP contribution in [0.1, 0.15) is 18.5 Å². The number of fused-ring (bicyclic) bond motifs is 1. The molecular formula is C15H18ClN3O. The largest absolute Gasteiger partial charge is 0.381 e. The molecule has 2 aromatic rings. The number of hydrogen-bond acceptors (Lipinski definition) is 4. The molecule has 1 N–H and O–H groups in total. The first kappa shape index (κ1) is 13.6. The normalized spacial score (nSPS) is 18.1. The van der Waals surface area contributed by atoms with E-state index in [2.05, 4.69) is 27.6 Å². The summed E-state index contributed by atoms with van der Waals surface area (Å²) in [6.45, 7) is 3.44. The van der Waals surface area contributed by atoms with Gasteiger partial charge < -0.3 is 10.1 Å². The van der Waals surface area contributed by atoms with Crippen LogP contribution in [0.25, 0.3) is 10.8 Å². The van der Waals surface area contributed by atoms with Crippen molar-refractivity contribution in [3.05, 3.63) is 30.0 Å². The van der Waals surface area contributed by atoms with Crippen LogP contribution in [0.15, 0.2) is 24.3 Å². The summed E-state index contributed by atoms with van der Waals surface area (Å²) in [6.07, 6.45) is 1.78. The number of benzene rings is 1. The zero-order valence-corrected chi connectivity index (χ0v) is 12.3. The lowest BCUT2D eigenvalue weighted by atomic mass is 9.92. The molecule has 1 aliphatic rings. The molecule has 0 spiro atoms. The maximum Gasteiger partial charge on any atom is 0.157 e. The van der Waals surface area contributed by atoms with Crippen molar-refractivity contribution in [2.45, 2.75) is 25.3 Å². The Labute approximate surface area is 123 Å². The van der Waals surface area contributed by atoms with Gasteiger partial charge in [-0.1, -0.05) is 24.3 Å². The van der Waals surface area contributed by atoms with Gasteiger partial charge in [-0.2, -0.15) is 5.10 Å². The van der Waals surface area contributed by atoms with Crippen molar-refractivity contribution in [3.8, 4) is 0 Å². The number of aromatic nitrogens is 2. The minimum Gasteiger partial charge on any atom is -0.381 e. The first-order valence-corrected chi connectivity index (χ1v) is 7.41. The third kappa shape index (κ3) is 2.45. The Morgan fingerprint density at radius 1 is 1.20 bits per heavy atom. The number of halogens is 1. The summed E-state index contributed by atoms with van der Waals surface area (Å²) in [7, 11) is 0. The quantitative estimate of drug-likeness (QED) is 0.883. The number of nitrogens with zero attached hydrogens (tertiary/aromatic N) is 2. The minimum atomic E-state index is -0.146. The number of rotatable bonds is 3. The van der Waals surface area contributed by atoms with E-state index < -0.39 is 0 Å². The highest BCUT2D eigenvalue weighted by Crippen LogP contribution is 2.30. The SMILES string of the molecule is Cc1nnc(NC2(CCl)CCOCC2)c2ccccc12. The van der Waals surface area contributed by atoms with Crippen LogP contribution in [0.4, 0.5) is 5.82 Å². The van der Waals surface area contributed by atoms with Gasteiger partial charge in [0.15, 0.2) is 5.82 Å². The lowest BCUT2D eigenvalue weighted by Gasteiger charge is -2.36. The second kappa shape index (κ2) is 5.54. The van der Waals surface area contributed by atoms with Gasteiger partial charge in [-0.05, 0) is 19.8 Å². The van der Waals surface area contributed by atoms with Gasteiger partial charge in [0.2, 0.25) is 0 Å². The molecule has 1 aromatic carbocycles. The van der Waals surface area contributed by atoms with Crippen molar-refractivity contribution in [1.29, 1.82) is 0 Å². The van der Waals surface area contributed by atoms with Gasteiger partial charge >= 0.3 is 0 Å². The predicted octanol–water partition coefficient (Wildman–Crippen LogP) is 3.14. The average Bonchev–Trinajstić information content (AvgIpc) is 2.51. The number of hydrogen-bond donors (Lipinski definition) is 1. The van der Waals surface area contributed by atoms with E-state index in [1.165, 1.54) is 0 Å². The molecule has 0 unspecified atom stereocenters. The van der Waals surface area contributed by atoms with Crippen molar-refractivity contribution in [1.82, 2.24) is 10.2 Å². The highest BCUT2D eigenvalue weighted by molar-refractivity contribution is 6.19. The first-order valence-electron chi connectivity index (χ1n) is 6.88. The maximum atomic E-state index is 6.20. The summed E-state index contributed by atoms with van der Waals surface area (Å²) in [4.78, 5) is 0. The molecule has 5 heteroatoms. The van der Waals surface area contributed by atoms with Crippen LogP contribution in [0.3, 0.4) is 0 Å². The van der Waals surface area contributed by atoms with Crippen LogP contribution in [-0.2, 0) is 4.74 Å². The molecule has 0 radical (unpaired) electrons. The number of aryl methyl sites for hydroxylation is 1. The number of alkyl halides is 1. The molecule has 1 aromatic heterocycles. The molecule has 1 fully saturated rings. The monoisotopic (exact) mass is 291 g/mol. The van der Waals surface area contributed by atoms with Gasteiger partial charge in [0.1, 0.15) is 0 Å². The topological polar surface area (TPSA) is 47.0 Å². The highest BCUT2D eigenvalue weighted by Gasteiger charge is 2.32. The summed E-state index contributed by atoms with van der Waals surface area (Å²) >= 11 is 6.20. The van der Waals surface area contributed by atoms with E-state index in [-0.39, 0.29) is 5.54 Å². The van der Waals surface area contributed by atoms with Crippen molar-refractivity contribution < 1.29 is 4.74 Å².